The third-order valence-corrected chi connectivity index (χ3v) is 6.37. The standard InChI is InChI=1S/C24H41N5O/c1-17(2)29-12-18(3)23(16-29)27-24(25-6)26-11-21-9-7-8-10-22(21)15-28-13-19(4)30-20(5)14-28/h7-10,17-20,23H,11-16H2,1-6H3,(H2,25,26,27). The molecule has 2 fully saturated rings. The van der Waals surface area contributed by atoms with Crippen LogP contribution in [-0.2, 0) is 17.8 Å². The van der Waals surface area contributed by atoms with Crippen LogP contribution in [0, 0.1) is 5.92 Å². The summed E-state index contributed by atoms with van der Waals surface area (Å²) in [4.78, 5) is 9.53. The fourth-order valence-electron chi connectivity index (χ4n) is 4.70. The Bertz CT molecular complexity index is 697. The number of rotatable bonds is 6. The average Bonchev–Trinajstić information content (AvgIpc) is 3.06. The van der Waals surface area contributed by atoms with Gasteiger partial charge in [-0.1, -0.05) is 31.2 Å². The van der Waals surface area contributed by atoms with E-state index in [1.807, 2.05) is 7.05 Å². The Morgan fingerprint density at radius 2 is 1.73 bits per heavy atom. The summed E-state index contributed by atoms with van der Waals surface area (Å²) in [6.45, 7) is 17.1. The minimum absolute atomic E-state index is 0.292. The minimum atomic E-state index is 0.292. The third kappa shape index (κ3) is 6.19. The van der Waals surface area contributed by atoms with Crippen molar-refractivity contribution in [2.75, 3.05) is 33.2 Å². The van der Waals surface area contributed by atoms with Gasteiger partial charge in [0.15, 0.2) is 5.96 Å². The molecule has 0 aliphatic carbocycles. The lowest BCUT2D eigenvalue weighted by atomic mass is 10.1. The van der Waals surface area contributed by atoms with E-state index in [4.69, 9.17) is 4.74 Å². The SMILES string of the molecule is CN=C(NCc1ccccc1CN1CC(C)OC(C)C1)NC1CN(C(C)C)CC1C. The largest absolute Gasteiger partial charge is 0.373 e. The number of likely N-dealkylation sites (tertiary alicyclic amines) is 1. The van der Waals surface area contributed by atoms with Crippen molar-refractivity contribution in [1.82, 2.24) is 20.4 Å². The lowest BCUT2D eigenvalue weighted by molar-refractivity contribution is -0.0705. The monoisotopic (exact) mass is 415 g/mol. The molecule has 0 bridgehead atoms. The van der Waals surface area contributed by atoms with E-state index in [1.165, 1.54) is 11.1 Å². The number of hydrogen-bond acceptors (Lipinski definition) is 4. The van der Waals surface area contributed by atoms with E-state index in [1.54, 1.807) is 0 Å². The van der Waals surface area contributed by atoms with Gasteiger partial charge in [-0.3, -0.25) is 14.8 Å². The molecule has 4 atom stereocenters. The highest BCUT2D eigenvalue weighted by molar-refractivity contribution is 5.80. The van der Waals surface area contributed by atoms with Crippen LogP contribution < -0.4 is 10.6 Å². The van der Waals surface area contributed by atoms with E-state index < -0.39 is 0 Å². The lowest BCUT2D eigenvalue weighted by Gasteiger charge is -2.35. The van der Waals surface area contributed by atoms with Crippen LogP contribution in [0.1, 0.15) is 45.7 Å². The maximum absolute atomic E-state index is 5.89. The maximum atomic E-state index is 5.89. The second-order valence-corrected chi connectivity index (χ2v) is 9.42. The van der Waals surface area contributed by atoms with Crippen LogP contribution >= 0.6 is 0 Å². The van der Waals surface area contributed by atoms with Gasteiger partial charge >= 0.3 is 0 Å². The predicted octanol–water partition coefficient (Wildman–Crippen LogP) is 2.69. The number of morpholine rings is 1. The van der Waals surface area contributed by atoms with Gasteiger partial charge in [-0.2, -0.15) is 0 Å². The van der Waals surface area contributed by atoms with Crippen LogP contribution in [0.5, 0.6) is 0 Å². The zero-order valence-corrected chi connectivity index (χ0v) is 19.7. The topological polar surface area (TPSA) is 52.1 Å². The molecular weight excluding hydrogens is 374 g/mol. The minimum Gasteiger partial charge on any atom is -0.373 e. The summed E-state index contributed by atoms with van der Waals surface area (Å²) in [5.74, 6) is 1.50. The maximum Gasteiger partial charge on any atom is 0.191 e. The molecule has 2 heterocycles. The number of aliphatic imine (C=N–C) groups is 1. The Morgan fingerprint density at radius 3 is 2.33 bits per heavy atom. The smallest absolute Gasteiger partial charge is 0.191 e. The molecule has 1 aromatic carbocycles. The first kappa shape index (κ1) is 23.0. The van der Waals surface area contributed by atoms with E-state index in [2.05, 4.69) is 84.3 Å². The molecule has 168 valence electrons. The lowest BCUT2D eigenvalue weighted by Crippen LogP contribution is -2.46. The molecule has 6 nitrogen and oxygen atoms in total. The zero-order valence-electron chi connectivity index (χ0n) is 19.7. The first-order valence-corrected chi connectivity index (χ1v) is 11.5. The summed E-state index contributed by atoms with van der Waals surface area (Å²) in [6.07, 6.45) is 0.585. The number of ether oxygens (including phenoxy) is 1. The molecule has 0 amide bonds. The van der Waals surface area contributed by atoms with Crippen molar-refractivity contribution >= 4 is 5.96 Å². The van der Waals surface area contributed by atoms with Crippen LogP contribution in [0.4, 0.5) is 0 Å². The van der Waals surface area contributed by atoms with E-state index >= 15 is 0 Å². The number of nitrogens with one attached hydrogen (secondary N) is 2. The Kier molecular flexibility index (Phi) is 8.14. The van der Waals surface area contributed by atoms with Crippen molar-refractivity contribution < 1.29 is 4.74 Å². The quantitative estimate of drug-likeness (QED) is 0.553. The predicted molar refractivity (Wildman–Crippen MR) is 125 cm³/mol. The Labute approximate surface area is 183 Å². The fraction of sp³-hybridized carbons (Fsp3) is 0.708. The summed E-state index contributed by atoms with van der Waals surface area (Å²) >= 11 is 0. The van der Waals surface area contributed by atoms with Gasteiger partial charge in [-0.15, -0.1) is 0 Å². The van der Waals surface area contributed by atoms with Crippen molar-refractivity contribution in [3.8, 4) is 0 Å². The van der Waals surface area contributed by atoms with Crippen LogP contribution in [0.3, 0.4) is 0 Å². The van der Waals surface area contributed by atoms with Crippen LogP contribution in [0.25, 0.3) is 0 Å². The number of guanidine groups is 1. The summed E-state index contributed by atoms with van der Waals surface area (Å²) < 4.78 is 5.89. The van der Waals surface area contributed by atoms with Crippen molar-refractivity contribution in [3.63, 3.8) is 0 Å². The normalized spacial score (nSPS) is 28.8. The molecule has 6 heteroatoms. The van der Waals surface area contributed by atoms with Gasteiger partial charge in [-0.25, -0.2) is 0 Å². The van der Waals surface area contributed by atoms with Crippen LogP contribution in [-0.4, -0.2) is 73.3 Å². The zero-order chi connectivity index (χ0) is 21.7. The molecule has 4 unspecified atom stereocenters. The van der Waals surface area contributed by atoms with Gasteiger partial charge in [0, 0.05) is 58.4 Å². The Morgan fingerprint density at radius 1 is 1.07 bits per heavy atom. The van der Waals surface area contributed by atoms with E-state index in [0.29, 0.717) is 30.2 Å². The van der Waals surface area contributed by atoms with Gasteiger partial charge < -0.3 is 15.4 Å². The summed E-state index contributed by atoms with van der Waals surface area (Å²) in [5.41, 5.74) is 2.71. The van der Waals surface area contributed by atoms with Crippen LogP contribution in [0.2, 0.25) is 0 Å². The summed E-state index contributed by atoms with van der Waals surface area (Å²) in [5, 5.41) is 7.20. The highest BCUT2D eigenvalue weighted by atomic mass is 16.5. The second-order valence-electron chi connectivity index (χ2n) is 9.42. The number of nitrogens with zero attached hydrogens (tertiary/aromatic N) is 3. The first-order chi connectivity index (χ1) is 14.4. The molecule has 2 aliphatic heterocycles. The fourth-order valence-corrected chi connectivity index (χ4v) is 4.70. The average molecular weight is 416 g/mol. The summed E-state index contributed by atoms with van der Waals surface area (Å²) in [6, 6.07) is 9.76. The van der Waals surface area contributed by atoms with E-state index in [-0.39, 0.29) is 0 Å². The van der Waals surface area contributed by atoms with Gasteiger partial charge in [-0.05, 0) is 44.7 Å². The molecule has 30 heavy (non-hydrogen) atoms. The second kappa shape index (κ2) is 10.6. The van der Waals surface area contributed by atoms with Crippen molar-refractivity contribution in [3.05, 3.63) is 35.4 Å². The molecule has 0 aromatic heterocycles. The molecule has 2 aliphatic rings. The third-order valence-electron chi connectivity index (χ3n) is 6.37. The highest BCUT2D eigenvalue weighted by Gasteiger charge is 2.31. The number of hydrogen-bond donors (Lipinski definition) is 2. The number of benzene rings is 1. The van der Waals surface area contributed by atoms with Crippen molar-refractivity contribution in [2.45, 2.75) is 72.0 Å². The Balaban J connectivity index is 1.57. The van der Waals surface area contributed by atoms with Crippen LogP contribution in [0.15, 0.2) is 29.3 Å². The van der Waals surface area contributed by atoms with E-state index in [0.717, 1.165) is 45.2 Å². The molecule has 2 saturated heterocycles. The van der Waals surface area contributed by atoms with Gasteiger partial charge in [0.05, 0.1) is 12.2 Å². The molecule has 0 spiro atoms. The molecule has 0 saturated carbocycles. The van der Waals surface area contributed by atoms with Gasteiger partial charge in [0.1, 0.15) is 0 Å². The summed E-state index contributed by atoms with van der Waals surface area (Å²) in [7, 11) is 1.86. The highest BCUT2D eigenvalue weighted by Crippen LogP contribution is 2.19. The molecule has 1 aromatic rings. The Hall–Kier alpha value is -1.63. The molecule has 0 radical (unpaired) electrons. The molecule has 3 rings (SSSR count). The first-order valence-electron chi connectivity index (χ1n) is 11.5. The van der Waals surface area contributed by atoms with E-state index in [9.17, 15) is 0 Å². The van der Waals surface area contributed by atoms with Crippen molar-refractivity contribution in [1.29, 1.82) is 0 Å². The molecule has 2 N–H and O–H groups in total. The molecular formula is C24H41N5O. The van der Waals surface area contributed by atoms with Gasteiger partial charge in [0.25, 0.3) is 0 Å². The van der Waals surface area contributed by atoms with Crippen molar-refractivity contribution in [2.24, 2.45) is 10.9 Å². The van der Waals surface area contributed by atoms with Gasteiger partial charge in [0.2, 0.25) is 0 Å².